The summed E-state index contributed by atoms with van der Waals surface area (Å²) in [5.41, 5.74) is 0. The zero-order valence-electron chi connectivity index (χ0n) is 8.63. The third kappa shape index (κ3) is 2.53. The average molecular weight is 267 g/mol. The Morgan fingerprint density at radius 1 is 1.38 bits per heavy atom. The van der Waals surface area contributed by atoms with Gasteiger partial charge in [0, 0.05) is 31.1 Å². The number of thiophene rings is 1. The molecule has 1 aliphatic rings. The third-order valence-electron chi connectivity index (χ3n) is 2.70. The molecule has 1 atom stereocenters. The fourth-order valence-electron chi connectivity index (χ4n) is 1.92. The Labute approximate surface area is 102 Å². The number of piperazine rings is 1. The van der Waals surface area contributed by atoms with Gasteiger partial charge in [-0.25, -0.2) is 8.78 Å². The van der Waals surface area contributed by atoms with Crippen LogP contribution in [0.5, 0.6) is 0 Å². The molecular weight excluding hydrogens is 254 g/mol. The second-order valence-corrected chi connectivity index (χ2v) is 5.05. The lowest BCUT2D eigenvalue weighted by atomic mass is 10.2. The molecule has 0 bridgehead atoms. The topological polar surface area (TPSA) is 15.3 Å². The molecule has 2 nitrogen and oxygen atoms in total. The van der Waals surface area contributed by atoms with Crippen LogP contribution in [0.4, 0.5) is 8.78 Å². The van der Waals surface area contributed by atoms with Crippen LogP contribution >= 0.6 is 22.9 Å². The molecule has 1 aliphatic heterocycles. The molecule has 1 aromatic heterocycles. The van der Waals surface area contributed by atoms with Crippen molar-refractivity contribution in [3.05, 3.63) is 21.3 Å². The molecule has 0 aromatic carbocycles. The van der Waals surface area contributed by atoms with E-state index < -0.39 is 12.5 Å². The van der Waals surface area contributed by atoms with E-state index in [1.807, 2.05) is 0 Å². The highest BCUT2D eigenvalue weighted by Gasteiger charge is 2.32. The van der Waals surface area contributed by atoms with Crippen molar-refractivity contribution in [3.63, 3.8) is 0 Å². The smallest absolute Gasteiger partial charge is 0.258 e. The van der Waals surface area contributed by atoms with Crippen LogP contribution in [-0.2, 0) is 0 Å². The van der Waals surface area contributed by atoms with Gasteiger partial charge >= 0.3 is 0 Å². The Hall–Kier alpha value is -0.230. The van der Waals surface area contributed by atoms with E-state index in [0.29, 0.717) is 23.0 Å². The highest BCUT2D eigenvalue weighted by atomic mass is 35.5. The Morgan fingerprint density at radius 3 is 2.56 bits per heavy atom. The van der Waals surface area contributed by atoms with Crippen LogP contribution < -0.4 is 5.32 Å². The number of rotatable bonds is 3. The van der Waals surface area contributed by atoms with Crippen LogP contribution in [0.15, 0.2) is 11.4 Å². The molecule has 2 heterocycles. The first-order chi connectivity index (χ1) is 7.70. The summed E-state index contributed by atoms with van der Waals surface area (Å²) >= 11 is 7.24. The summed E-state index contributed by atoms with van der Waals surface area (Å²) in [5.74, 6) is 0. The maximum absolute atomic E-state index is 13.1. The van der Waals surface area contributed by atoms with Crippen LogP contribution in [0.1, 0.15) is 10.9 Å². The Kier molecular flexibility index (Phi) is 4.13. The summed E-state index contributed by atoms with van der Waals surface area (Å²) in [4.78, 5) is 2.39. The lowest BCUT2D eigenvalue weighted by Crippen LogP contribution is -2.46. The van der Waals surface area contributed by atoms with Gasteiger partial charge in [-0.3, -0.25) is 4.90 Å². The molecule has 1 fully saturated rings. The van der Waals surface area contributed by atoms with E-state index in [2.05, 4.69) is 5.32 Å². The standard InChI is InChI=1S/C10H13ClF2N2S/c11-7-1-6-16-9(7)8(10(12)13)15-4-2-14-3-5-15/h1,6,8,10,14H,2-5H2/t8-/m0/s1. The molecular formula is C10H13ClF2N2S. The molecule has 0 unspecified atom stereocenters. The van der Waals surface area contributed by atoms with Crippen LogP contribution in [0.2, 0.25) is 5.02 Å². The van der Waals surface area contributed by atoms with Crippen molar-refractivity contribution in [1.29, 1.82) is 0 Å². The van der Waals surface area contributed by atoms with E-state index in [1.54, 1.807) is 16.3 Å². The van der Waals surface area contributed by atoms with E-state index in [0.717, 1.165) is 13.1 Å². The monoisotopic (exact) mass is 266 g/mol. The Bertz CT molecular complexity index is 339. The van der Waals surface area contributed by atoms with Gasteiger partial charge in [-0.1, -0.05) is 11.6 Å². The number of halogens is 3. The SMILES string of the molecule is FC(F)[C@H](c1sccc1Cl)N1CCNCC1. The molecule has 1 N–H and O–H groups in total. The first-order valence-electron chi connectivity index (χ1n) is 5.16. The quantitative estimate of drug-likeness (QED) is 0.905. The summed E-state index contributed by atoms with van der Waals surface area (Å²) in [6.45, 7) is 2.80. The van der Waals surface area contributed by atoms with Gasteiger partial charge in [-0.05, 0) is 11.4 Å². The number of nitrogens with zero attached hydrogens (tertiary/aromatic N) is 1. The van der Waals surface area contributed by atoms with Gasteiger partial charge in [0.2, 0.25) is 0 Å². The molecule has 1 saturated heterocycles. The first kappa shape index (κ1) is 12.2. The van der Waals surface area contributed by atoms with E-state index >= 15 is 0 Å². The van der Waals surface area contributed by atoms with Crippen molar-refractivity contribution in [2.75, 3.05) is 26.2 Å². The molecule has 16 heavy (non-hydrogen) atoms. The van der Waals surface area contributed by atoms with Crippen molar-refractivity contribution in [1.82, 2.24) is 10.2 Å². The van der Waals surface area contributed by atoms with Gasteiger partial charge in [-0.15, -0.1) is 11.3 Å². The van der Waals surface area contributed by atoms with Gasteiger partial charge in [-0.2, -0.15) is 0 Å². The highest BCUT2D eigenvalue weighted by Crippen LogP contribution is 2.36. The molecule has 0 radical (unpaired) electrons. The third-order valence-corrected chi connectivity index (χ3v) is 4.13. The lowest BCUT2D eigenvalue weighted by Gasteiger charge is -2.34. The van der Waals surface area contributed by atoms with E-state index in [4.69, 9.17) is 11.6 Å². The number of hydrogen-bond acceptors (Lipinski definition) is 3. The second kappa shape index (κ2) is 5.40. The minimum Gasteiger partial charge on any atom is -0.314 e. The van der Waals surface area contributed by atoms with Gasteiger partial charge < -0.3 is 5.32 Å². The number of hydrogen-bond donors (Lipinski definition) is 1. The van der Waals surface area contributed by atoms with Crippen molar-refractivity contribution in [2.45, 2.75) is 12.5 Å². The van der Waals surface area contributed by atoms with Gasteiger partial charge in [0.1, 0.15) is 6.04 Å². The van der Waals surface area contributed by atoms with E-state index in [1.165, 1.54) is 11.3 Å². The molecule has 0 aliphatic carbocycles. The Morgan fingerprint density at radius 2 is 2.06 bits per heavy atom. The summed E-state index contributed by atoms with van der Waals surface area (Å²) in [5, 5.41) is 5.36. The molecule has 6 heteroatoms. The van der Waals surface area contributed by atoms with Gasteiger partial charge in [0.25, 0.3) is 6.43 Å². The normalized spacial score (nSPS) is 20.2. The fraction of sp³-hybridized carbons (Fsp3) is 0.600. The zero-order valence-corrected chi connectivity index (χ0v) is 10.2. The van der Waals surface area contributed by atoms with Crippen LogP contribution in [-0.4, -0.2) is 37.5 Å². The summed E-state index contributed by atoms with van der Waals surface area (Å²) in [6.07, 6.45) is -2.39. The molecule has 2 rings (SSSR count). The highest BCUT2D eigenvalue weighted by molar-refractivity contribution is 7.10. The molecule has 0 spiro atoms. The van der Waals surface area contributed by atoms with Gasteiger partial charge in [0.15, 0.2) is 0 Å². The fourth-order valence-corrected chi connectivity index (χ4v) is 3.22. The molecule has 90 valence electrons. The Balaban J connectivity index is 2.19. The minimum atomic E-state index is -2.39. The van der Waals surface area contributed by atoms with Crippen LogP contribution in [0.25, 0.3) is 0 Å². The first-order valence-corrected chi connectivity index (χ1v) is 6.41. The maximum atomic E-state index is 13.1. The largest absolute Gasteiger partial charge is 0.314 e. The van der Waals surface area contributed by atoms with E-state index in [9.17, 15) is 8.78 Å². The number of alkyl halides is 2. The summed E-state index contributed by atoms with van der Waals surface area (Å²) in [7, 11) is 0. The summed E-state index contributed by atoms with van der Waals surface area (Å²) < 4.78 is 26.2. The van der Waals surface area contributed by atoms with Gasteiger partial charge in [0.05, 0.1) is 5.02 Å². The molecule has 0 amide bonds. The van der Waals surface area contributed by atoms with Crippen LogP contribution in [0, 0.1) is 0 Å². The van der Waals surface area contributed by atoms with Crippen molar-refractivity contribution in [2.24, 2.45) is 0 Å². The predicted molar refractivity (Wildman–Crippen MR) is 62.5 cm³/mol. The molecule has 0 saturated carbocycles. The van der Waals surface area contributed by atoms with Crippen molar-refractivity contribution < 1.29 is 8.78 Å². The average Bonchev–Trinajstić information content (AvgIpc) is 2.66. The van der Waals surface area contributed by atoms with E-state index in [-0.39, 0.29) is 0 Å². The van der Waals surface area contributed by atoms with Crippen molar-refractivity contribution in [3.8, 4) is 0 Å². The van der Waals surface area contributed by atoms with Crippen molar-refractivity contribution >= 4 is 22.9 Å². The zero-order chi connectivity index (χ0) is 11.5. The minimum absolute atomic E-state index is 0.453. The molecule has 1 aromatic rings. The number of nitrogens with one attached hydrogen (secondary N) is 1. The summed E-state index contributed by atoms with van der Waals surface area (Å²) in [6, 6.07) is 0.827. The predicted octanol–water partition coefficient (Wildman–Crippen LogP) is 2.61. The maximum Gasteiger partial charge on any atom is 0.258 e. The lowest BCUT2D eigenvalue weighted by molar-refractivity contribution is 0.0200. The second-order valence-electron chi connectivity index (χ2n) is 3.70. The van der Waals surface area contributed by atoms with Crippen LogP contribution in [0.3, 0.4) is 0 Å².